The minimum absolute atomic E-state index is 0.00669. The summed E-state index contributed by atoms with van der Waals surface area (Å²) >= 11 is 0. The van der Waals surface area contributed by atoms with Crippen molar-refractivity contribution in [2.45, 2.75) is 20.3 Å². The first-order valence-corrected chi connectivity index (χ1v) is 6.22. The highest BCUT2D eigenvalue weighted by Crippen LogP contribution is 2.15. The average Bonchev–Trinajstić information content (AvgIpc) is 2.38. The van der Waals surface area contributed by atoms with Crippen LogP contribution in [0.3, 0.4) is 0 Å². The van der Waals surface area contributed by atoms with Crippen molar-refractivity contribution in [3.8, 4) is 0 Å². The fourth-order valence-corrected chi connectivity index (χ4v) is 2.27. The number of aryl methyl sites for hydroxylation is 1. The lowest BCUT2D eigenvalue weighted by Crippen LogP contribution is -2.44. The maximum atomic E-state index is 12.3. The molecule has 19 heavy (non-hydrogen) atoms. The van der Waals surface area contributed by atoms with Crippen LogP contribution in [0.1, 0.15) is 29.4 Å². The molecular formula is C13H17N3O3. The molecule has 0 aliphatic carbocycles. The highest BCUT2D eigenvalue weighted by atomic mass is 16.4. The molecule has 1 aliphatic heterocycles. The molecule has 2 rings (SSSR count). The number of hydrogen-bond donors (Lipinski definition) is 2. The van der Waals surface area contributed by atoms with Gasteiger partial charge in [-0.2, -0.15) is 0 Å². The third-order valence-electron chi connectivity index (χ3n) is 3.40. The fraction of sp³-hybridized carbons (Fsp3) is 0.462. The van der Waals surface area contributed by atoms with Crippen molar-refractivity contribution >= 4 is 11.6 Å². The van der Waals surface area contributed by atoms with E-state index in [9.17, 15) is 9.59 Å². The molecular weight excluding hydrogens is 246 g/mol. The number of aromatic amines is 1. The number of aromatic nitrogens is 1. The lowest BCUT2D eigenvalue weighted by Gasteiger charge is -2.31. The summed E-state index contributed by atoms with van der Waals surface area (Å²) in [5.41, 5.74) is 1.31. The van der Waals surface area contributed by atoms with Crippen molar-refractivity contribution in [3.63, 3.8) is 0 Å². The van der Waals surface area contributed by atoms with Gasteiger partial charge < -0.3 is 15.1 Å². The second-order valence-electron chi connectivity index (χ2n) is 4.89. The van der Waals surface area contributed by atoms with Crippen LogP contribution in [0.5, 0.6) is 0 Å². The third kappa shape index (κ3) is 2.67. The van der Waals surface area contributed by atoms with Gasteiger partial charge >= 0.3 is 0 Å². The first kappa shape index (κ1) is 13.3. The zero-order valence-corrected chi connectivity index (χ0v) is 11.0. The normalized spacial score (nSPS) is 21.7. The van der Waals surface area contributed by atoms with Crippen molar-refractivity contribution in [1.29, 1.82) is 0 Å². The SMILES string of the molecule is Cc1cc(=O)c(C(=O)N2CCC(=NO)C(C)C2)c[nH]1. The summed E-state index contributed by atoms with van der Waals surface area (Å²) in [4.78, 5) is 28.6. The number of nitrogens with one attached hydrogen (secondary N) is 1. The van der Waals surface area contributed by atoms with Gasteiger partial charge in [0.1, 0.15) is 5.56 Å². The molecule has 6 nitrogen and oxygen atoms in total. The molecule has 0 saturated carbocycles. The van der Waals surface area contributed by atoms with Gasteiger partial charge in [-0.25, -0.2) is 0 Å². The molecule has 0 spiro atoms. The summed E-state index contributed by atoms with van der Waals surface area (Å²) in [5.74, 6) is -0.266. The molecule has 1 saturated heterocycles. The Morgan fingerprint density at radius 3 is 2.89 bits per heavy atom. The van der Waals surface area contributed by atoms with Crippen molar-refractivity contribution < 1.29 is 10.0 Å². The van der Waals surface area contributed by atoms with Gasteiger partial charge in [0.15, 0.2) is 5.43 Å². The van der Waals surface area contributed by atoms with Gasteiger partial charge in [0.25, 0.3) is 5.91 Å². The van der Waals surface area contributed by atoms with Crippen LogP contribution >= 0.6 is 0 Å². The van der Waals surface area contributed by atoms with Crippen molar-refractivity contribution in [1.82, 2.24) is 9.88 Å². The predicted molar refractivity (Wildman–Crippen MR) is 70.7 cm³/mol. The van der Waals surface area contributed by atoms with E-state index in [1.807, 2.05) is 6.92 Å². The standard InChI is InChI=1S/C13H17N3O3/c1-8-7-16(4-3-11(8)15-19)13(18)10-6-14-9(2)5-12(10)17/h5-6,8,19H,3-4,7H2,1-2H3,(H,14,17). The predicted octanol–water partition coefficient (Wildman–Crippen LogP) is 0.996. The number of oxime groups is 1. The number of H-pyrrole nitrogens is 1. The zero-order chi connectivity index (χ0) is 14.0. The quantitative estimate of drug-likeness (QED) is 0.585. The lowest BCUT2D eigenvalue weighted by atomic mass is 9.97. The number of nitrogens with zero attached hydrogens (tertiary/aromatic N) is 2. The molecule has 1 aromatic rings. The zero-order valence-electron chi connectivity index (χ0n) is 11.0. The molecule has 0 radical (unpaired) electrons. The van der Waals surface area contributed by atoms with Crippen LogP contribution < -0.4 is 5.43 Å². The second kappa shape index (κ2) is 5.26. The van der Waals surface area contributed by atoms with E-state index in [4.69, 9.17) is 5.21 Å². The summed E-state index contributed by atoms with van der Waals surface area (Å²) in [6.45, 7) is 4.60. The Hall–Kier alpha value is -2.11. The van der Waals surface area contributed by atoms with Gasteiger partial charge in [-0.3, -0.25) is 9.59 Å². The molecule has 1 fully saturated rings. The summed E-state index contributed by atoms with van der Waals surface area (Å²) in [7, 11) is 0. The summed E-state index contributed by atoms with van der Waals surface area (Å²) in [6.07, 6.45) is 1.99. The van der Waals surface area contributed by atoms with Gasteiger partial charge in [0, 0.05) is 43.4 Å². The van der Waals surface area contributed by atoms with Crippen LogP contribution in [0.15, 0.2) is 22.2 Å². The minimum Gasteiger partial charge on any atom is -0.411 e. The molecule has 2 heterocycles. The van der Waals surface area contributed by atoms with E-state index in [0.29, 0.717) is 25.2 Å². The summed E-state index contributed by atoms with van der Waals surface area (Å²) in [6, 6.07) is 1.42. The summed E-state index contributed by atoms with van der Waals surface area (Å²) < 4.78 is 0. The molecule has 102 valence electrons. The Kier molecular flexibility index (Phi) is 3.69. The van der Waals surface area contributed by atoms with Crippen LogP contribution in [0.4, 0.5) is 0 Å². The molecule has 1 amide bonds. The van der Waals surface area contributed by atoms with Gasteiger partial charge in [-0.1, -0.05) is 12.1 Å². The van der Waals surface area contributed by atoms with E-state index in [1.165, 1.54) is 12.3 Å². The van der Waals surface area contributed by atoms with Crippen LogP contribution in [0.2, 0.25) is 0 Å². The number of piperidine rings is 1. The van der Waals surface area contributed by atoms with E-state index >= 15 is 0 Å². The van der Waals surface area contributed by atoms with Crippen LogP contribution in [-0.4, -0.2) is 39.8 Å². The first-order chi connectivity index (χ1) is 9.02. The molecule has 6 heteroatoms. The van der Waals surface area contributed by atoms with Gasteiger partial charge in [0.05, 0.1) is 5.71 Å². The maximum absolute atomic E-state index is 12.3. The molecule has 2 N–H and O–H groups in total. The van der Waals surface area contributed by atoms with Crippen LogP contribution in [-0.2, 0) is 0 Å². The number of carbonyl (C=O) groups is 1. The van der Waals surface area contributed by atoms with Gasteiger partial charge in [-0.05, 0) is 6.92 Å². The lowest BCUT2D eigenvalue weighted by molar-refractivity contribution is 0.0732. The highest BCUT2D eigenvalue weighted by molar-refractivity contribution is 5.96. The number of pyridine rings is 1. The Morgan fingerprint density at radius 1 is 1.58 bits per heavy atom. The fourth-order valence-electron chi connectivity index (χ4n) is 2.27. The van der Waals surface area contributed by atoms with Crippen molar-refractivity contribution in [2.24, 2.45) is 11.1 Å². The maximum Gasteiger partial charge on any atom is 0.259 e. The van der Waals surface area contributed by atoms with Crippen LogP contribution in [0.25, 0.3) is 0 Å². The van der Waals surface area contributed by atoms with E-state index in [-0.39, 0.29) is 22.8 Å². The molecule has 0 bridgehead atoms. The molecule has 1 unspecified atom stereocenters. The Balaban J connectivity index is 2.19. The van der Waals surface area contributed by atoms with E-state index in [1.54, 1.807) is 11.8 Å². The van der Waals surface area contributed by atoms with E-state index in [2.05, 4.69) is 10.1 Å². The summed E-state index contributed by atoms with van der Waals surface area (Å²) in [5, 5.41) is 12.0. The molecule has 1 aromatic heterocycles. The number of carbonyl (C=O) groups excluding carboxylic acids is 1. The third-order valence-corrected chi connectivity index (χ3v) is 3.40. The monoisotopic (exact) mass is 263 g/mol. The minimum atomic E-state index is -0.273. The Labute approximate surface area is 110 Å². The van der Waals surface area contributed by atoms with Crippen LogP contribution in [0, 0.1) is 12.8 Å². The molecule has 1 aliphatic rings. The van der Waals surface area contributed by atoms with Crippen molar-refractivity contribution in [3.05, 3.63) is 33.7 Å². The smallest absolute Gasteiger partial charge is 0.259 e. The van der Waals surface area contributed by atoms with Crippen molar-refractivity contribution in [2.75, 3.05) is 13.1 Å². The van der Waals surface area contributed by atoms with Gasteiger partial charge in [0.2, 0.25) is 0 Å². The Bertz CT molecular complexity index is 577. The highest BCUT2D eigenvalue weighted by Gasteiger charge is 2.27. The number of hydrogen-bond acceptors (Lipinski definition) is 4. The van der Waals surface area contributed by atoms with E-state index in [0.717, 1.165) is 5.69 Å². The number of likely N-dealkylation sites (tertiary alicyclic amines) is 1. The Morgan fingerprint density at radius 2 is 2.32 bits per heavy atom. The first-order valence-electron chi connectivity index (χ1n) is 6.22. The van der Waals surface area contributed by atoms with E-state index < -0.39 is 0 Å². The molecule has 0 aromatic carbocycles. The average molecular weight is 263 g/mol. The largest absolute Gasteiger partial charge is 0.411 e. The number of amides is 1. The molecule has 1 atom stereocenters. The second-order valence-corrected chi connectivity index (χ2v) is 4.89. The topological polar surface area (TPSA) is 85.8 Å². The number of rotatable bonds is 1. The van der Waals surface area contributed by atoms with Gasteiger partial charge in [-0.15, -0.1) is 0 Å².